The first kappa shape index (κ1) is 20.5. The van der Waals surface area contributed by atoms with Crippen LogP contribution in [0.15, 0.2) is 55.0 Å². The Morgan fingerprint density at radius 2 is 1.86 bits per heavy atom. The van der Waals surface area contributed by atoms with Gasteiger partial charge in [0.25, 0.3) is 0 Å². The zero-order valence-corrected chi connectivity index (χ0v) is 16.7. The summed E-state index contributed by atoms with van der Waals surface area (Å²) in [5, 5.41) is 12.0. The summed E-state index contributed by atoms with van der Waals surface area (Å²) in [6, 6.07) is 10.1. The number of carboxylic acid groups (broad SMARTS) is 1. The minimum Gasteiger partial charge on any atom is -0.478 e. The second-order valence-corrected chi connectivity index (χ2v) is 7.36. The number of aromatic carboxylic acids is 1. The molecule has 3 aromatic rings. The molecule has 1 aromatic carbocycles. The highest BCUT2D eigenvalue weighted by molar-refractivity contribution is 5.87. The highest BCUT2D eigenvalue weighted by atomic mass is 16.5. The van der Waals surface area contributed by atoms with Crippen LogP contribution < -0.4 is 5.32 Å². The second-order valence-electron chi connectivity index (χ2n) is 7.36. The quantitative estimate of drug-likeness (QED) is 0.609. The van der Waals surface area contributed by atoms with E-state index < -0.39 is 12.1 Å². The number of ether oxygens (including phenoxy) is 1. The number of benzene rings is 1. The van der Waals surface area contributed by atoms with Gasteiger partial charge in [-0.25, -0.2) is 9.78 Å². The molecule has 0 saturated carbocycles. The van der Waals surface area contributed by atoms with Gasteiger partial charge in [0.2, 0.25) is 5.91 Å². The van der Waals surface area contributed by atoms with E-state index in [0.717, 1.165) is 16.8 Å². The Morgan fingerprint density at radius 1 is 1.14 bits per heavy atom. The maximum Gasteiger partial charge on any atom is 0.335 e. The number of carbonyl (C=O) groups excluding carboxylic acids is 1. The molecular formula is C22H25N3O4. The van der Waals surface area contributed by atoms with Gasteiger partial charge in [-0.05, 0) is 48.2 Å². The number of rotatable bonds is 8. The first-order valence-electron chi connectivity index (χ1n) is 9.52. The molecule has 2 unspecified atom stereocenters. The van der Waals surface area contributed by atoms with Crippen LogP contribution in [0.4, 0.5) is 0 Å². The van der Waals surface area contributed by atoms with Gasteiger partial charge >= 0.3 is 5.97 Å². The lowest BCUT2D eigenvalue weighted by Gasteiger charge is -2.23. The summed E-state index contributed by atoms with van der Waals surface area (Å²) in [5.74, 6) is -1.18. The number of carbonyl (C=O) groups is 2. The zero-order chi connectivity index (χ0) is 21.0. The van der Waals surface area contributed by atoms with Crippen molar-refractivity contribution in [3.63, 3.8) is 0 Å². The summed E-state index contributed by atoms with van der Waals surface area (Å²) in [6.07, 6.45) is 4.91. The van der Waals surface area contributed by atoms with E-state index in [1.807, 2.05) is 49.7 Å². The second kappa shape index (κ2) is 8.87. The first-order chi connectivity index (χ1) is 13.8. The summed E-state index contributed by atoms with van der Waals surface area (Å²) in [5.41, 5.74) is 2.82. The van der Waals surface area contributed by atoms with Crippen LogP contribution >= 0.6 is 0 Å². The van der Waals surface area contributed by atoms with E-state index in [0.29, 0.717) is 6.61 Å². The van der Waals surface area contributed by atoms with Crippen LogP contribution in [0.25, 0.3) is 5.65 Å². The summed E-state index contributed by atoms with van der Waals surface area (Å²) < 4.78 is 7.85. The Labute approximate surface area is 169 Å². The molecule has 0 fully saturated rings. The molecule has 0 bridgehead atoms. The molecule has 2 N–H and O–H groups in total. The smallest absolute Gasteiger partial charge is 0.335 e. The summed E-state index contributed by atoms with van der Waals surface area (Å²) in [4.78, 5) is 28.0. The lowest BCUT2D eigenvalue weighted by atomic mass is 10.0. The minimum absolute atomic E-state index is 0.00765. The van der Waals surface area contributed by atoms with Crippen molar-refractivity contribution in [3.8, 4) is 0 Å². The van der Waals surface area contributed by atoms with Crippen LogP contribution in [0.1, 0.15) is 48.3 Å². The molecule has 2 heterocycles. The van der Waals surface area contributed by atoms with Gasteiger partial charge in [-0.2, -0.15) is 0 Å². The van der Waals surface area contributed by atoms with Gasteiger partial charge < -0.3 is 19.6 Å². The van der Waals surface area contributed by atoms with Crippen molar-refractivity contribution in [2.24, 2.45) is 5.92 Å². The Hall–Kier alpha value is -3.19. The van der Waals surface area contributed by atoms with Crippen LogP contribution in [0, 0.1) is 5.92 Å². The van der Waals surface area contributed by atoms with Gasteiger partial charge in [0.1, 0.15) is 11.8 Å². The number of nitrogens with one attached hydrogen (secondary N) is 1. The Morgan fingerprint density at radius 3 is 2.52 bits per heavy atom. The number of nitrogens with zero attached hydrogens (tertiary/aromatic N) is 2. The fourth-order valence-electron chi connectivity index (χ4n) is 3.09. The first-order valence-corrected chi connectivity index (χ1v) is 9.52. The van der Waals surface area contributed by atoms with Crippen molar-refractivity contribution in [2.75, 3.05) is 0 Å². The molecule has 0 spiro atoms. The zero-order valence-electron chi connectivity index (χ0n) is 16.7. The third-order valence-corrected chi connectivity index (χ3v) is 4.77. The molecule has 2 aromatic heterocycles. The van der Waals surface area contributed by atoms with E-state index in [2.05, 4.69) is 10.3 Å². The molecule has 0 saturated heterocycles. The maximum atomic E-state index is 12.8. The highest BCUT2D eigenvalue weighted by Gasteiger charge is 2.24. The maximum absolute atomic E-state index is 12.8. The van der Waals surface area contributed by atoms with Gasteiger partial charge in [-0.1, -0.05) is 26.0 Å². The van der Waals surface area contributed by atoms with Crippen molar-refractivity contribution in [1.29, 1.82) is 0 Å². The van der Waals surface area contributed by atoms with E-state index in [1.165, 1.54) is 12.1 Å². The third kappa shape index (κ3) is 5.00. The number of hydrogen-bond acceptors (Lipinski definition) is 4. The van der Waals surface area contributed by atoms with E-state index >= 15 is 0 Å². The lowest BCUT2D eigenvalue weighted by Crippen LogP contribution is -2.40. The third-order valence-electron chi connectivity index (χ3n) is 4.77. The normalized spacial score (nSPS) is 13.4. The SMILES string of the molecule is CC(NC(=O)C(OCc1ccn2ccnc2c1)C(C)C)c1ccc(C(=O)O)cc1. The number of aromatic nitrogens is 2. The number of carboxylic acids is 1. The number of amides is 1. The molecule has 0 aliphatic heterocycles. The van der Waals surface area contributed by atoms with Crippen molar-refractivity contribution >= 4 is 17.5 Å². The molecule has 152 valence electrons. The molecular weight excluding hydrogens is 370 g/mol. The molecule has 0 radical (unpaired) electrons. The fourth-order valence-corrected chi connectivity index (χ4v) is 3.09. The van der Waals surface area contributed by atoms with Gasteiger partial charge in [-0.15, -0.1) is 0 Å². The molecule has 7 nitrogen and oxygen atoms in total. The molecule has 7 heteroatoms. The standard InChI is InChI=1S/C22H25N3O4/c1-14(2)20(29-13-16-8-10-25-11-9-23-19(25)12-16)21(26)24-15(3)17-4-6-18(7-5-17)22(27)28/h4-12,14-15,20H,13H2,1-3H3,(H,24,26)(H,27,28). The summed E-state index contributed by atoms with van der Waals surface area (Å²) in [6.45, 7) is 6.04. The van der Waals surface area contributed by atoms with Crippen LogP contribution in [-0.4, -0.2) is 32.5 Å². The summed E-state index contributed by atoms with van der Waals surface area (Å²) in [7, 11) is 0. The van der Waals surface area contributed by atoms with Crippen molar-refractivity contribution in [3.05, 3.63) is 71.7 Å². The van der Waals surface area contributed by atoms with Crippen molar-refractivity contribution < 1.29 is 19.4 Å². The van der Waals surface area contributed by atoms with Crippen LogP contribution in [0.2, 0.25) is 0 Å². The van der Waals surface area contributed by atoms with Crippen LogP contribution in [0.5, 0.6) is 0 Å². The van der Waals surface area contributed by atoms with Crippen molar-refractivity contribution in [2.45, 2.75) is 39.5 Å². The van der Waals surface area contributed by atoms with E-state index in [9.17, 15) is 9.59 Å². The number of hydrogen-bond donors (Lipinski definition) is 2. The van der Waals surface area contributed by atoms with Crippen molar-refractivity contribution in [1.82, 2.24) is 14.7 Å². The van der Waals surface area contributed by atoms with E-state index in [4.69, 9.17) is 9.84 Å². The molecule has 2 atom stereocenters. The Kier molecular flexibility index (Phi) is 6.29. The van der Waals surface area contributed by atoms with Crippen LogP contribution in [-0.2, 0) is 16.1 Å². The largest absolute Gasteiger partial charge is 0.478 e. The number of imidazole rings is 1. The fraction of sp³-hybridized carbons (Fsp3) is 0.318. The molecule has 3 rings (SSSR count). The highest BCUT2D eigenvalue weighted by Crippen LogP contribution is 2.17. The Bertz CT molecular complexity index is 995. The molecule has 1 amide bonds. The van der Waals surface area contributed by atoms with Gasteiger partial charge in [0.15, 0.2) is 0 Å². The number of pyridine rings is 1. The average molecular weight is 395 g/mol. The molecule has 0 aliphatic carbocycles. The van der Waals surface area contributed by atoms with E-state index in [1.54, 1.807) is 18.3 Å². The van der Waals surface area contributed by atoms with Crippen LogP contribution in [0.3, 0.4) is 0 Å². The van der Waals surface area contributed by atoms with Gasteiger partial charge in [0.05, 0.1) is 18.2 Å². The average Bonchev–Trinajstić information content (AvgIpc) is 3.15. The number of fused-ring (bicyclic) bond motifs is 1. The molecule has 0 aliphatic rings. The monoisotopic (exact) mass is 395 g/mol. The van der Waals surface area contributed by atoms with Gasteiger partial charge in [0, 0.05) is 18.6 Å². The predicted octanol–water partition coefficient (Wildman–Crippen LogP) is 3.45. The van der Waals surface area contributed by atoms with E-state index in [-0.39, 0.29) is 23.4 Å². The topological polar surface area (TPSA) is 92.9 Å². The lowest BCUT2D eigenvalue weighted by molar-refractivity contribution is -0.137. The molecule has 29 heavy (non-hydrogen) atoms. The Balaban J connectivity index is 1.62. The predicted molar refractivity (Wildman–Crippen MR) is 109 cm³/mol. The van der Waals surface area contributed by atoms with Gasteiger partial charge in [-0.3, -0.25) is 4.79 Å². The summed E-state index contributed by atoms with van der Waals surface area (Å²) >= 11 is 0. The minimum atomic E-state index is -0.977.